The van der Waals surface area contributed by atoms with Gasteiger partial charge in [0, 0.05) is 26.8 Å². The summed E-state index contributed by atoms with van der Waals surface area (Å²) < 4.78 is 28.0. The molecule has 1 unspecified atom stereocenters. The molecule has 23 heteroatoms. The van der Waals surface area contributed by atoms with E-state index in [4.69, 9.17) is 58.8 Å². The van der Waals surface area contributed by atoms with Gasteiger partial charge >= 0.3 is 29.8 Å². The van der Waals surface area contributed by atoms with Gasteiger partial charge in [-0.05, 0) is 58.2 Å². The number of unbranched alkanes of at least 4 members (excludes halogenated alkanes) is 2. The maximum atomic E-state index is 10.5. The van der Waals surface area contributed by atoms with Crippen molar-refractivity contribution < 1.29 is 72.1 Å². The number of carboxylic acid groups (broad SMARTS) is 5. The number of aliphatic carboxylic acids is 5. The number of hydrogen-bond donors (Lipinski definition) is 13. The highest BCUT2D eigenvalue weighted by atomic mass is 32.2. The summed E-state index contributed by atoms with van der Waals surface area (Å²) in [6.07, 6.45) is 4.88. The Balaban J connectivity index is -0.000000166. The summed E-state index contributed by atoms with van der Waals surface area (Å²) in [7, 11) is -4.27. The number of carboxylic acids is 5. The van der Waals surface area contributed by atoms with Crippen molar-refractivity contribution in [3.05, 3.63) is 0 Å². The minimum absolute atomic E-state index is 0.0143. The van der Waals surface area contributed by atoms with Gasteiger partial charge in [0.2, 0.25) is 11.8 Å². The zero-order valence-corrected chi connectivity index (χ0v) is 28.6. The fraction of sp³-hybridized carbons (Fsp3) is 0.731. The summed E-state index contributed by atoms with van der Waals surface area (Å²) in [5.74, 6) is -6.88. The largest absolute Gasteiger partial charge is 0.481 e. The van der Waals surface area contributed by atoms with Crippen LogP contribution in [0.2, 0.25) is 0 Å². The Morgan fingerprint density at radius 1 is 0.612 bits per heavy atom. The monoisotopic (exact) mass is 737 g/mol. The van der Waals surface area contributed by atoms with Crippen LogP contribution in [0.4, 0.5) is 0 Å². The molecule has 0 aliphatic rings. The van der Waals surface area contributed by atoms with Crippen molar-refractivity contribution in [1.82, 2.24) is 10.6 Å². The highest BCUT2D eigenvalue weighted by molar-refractivity contribution is 7.85. The van der Waals surface area contributed by atoms with Crippen LogP contribution in [0.5, 0.6) is 0 Å². The van der Waals surface area contributed by atoms with Gasteiger partial charge < -0.3 is 64.8 Å². The number of carbonyl (C=O) groups is 7. The molecule has 0 aliphatic carbocycles. The molecule has 22 nitrogen and oxygen atoms in total. The summed E-state index contributed by atoms with van der Waals surface area (Å²) in [6, 6.07) is -3.30. The zero-order chi connectivity index (χ0) is 39.6. The van der Waals surface area contributed by atoms with Gasteiger partial charge in [-0.1, -0.05) is 6.42 Å². The second-order valence-corrected chi connectivity index (χ2v) is 11.2. The van der Waals surface area contributed by atoms with E-state index < -0.39 is 63.8 Å². The molecule has 0 aliphatic heterocycles. The van der Waals surface area contributed by atoms with Crippen molar-refractivity contribution in [1.29, 1.82) is 0 Å². The topological polar surface area (TPSA) is 429 Å². The molecule has 0 heterocycles. The third-order valence-electron chi connectivity index (χ3n) is 4.92. The van der Waals surface area contributed by atoms with Crippen LogP contribution in [-0.4, -0.2) is 130 Å². The second-order valence-electron chi connectivity index (χ2n) is 9.71. The quantitative estimate of drug-likeness (QED) is 0.0435. The molecular weight excluding hydrogens is 682 g/mol. The third-order valence-corrected chi connectivity index (χ3v) is 5.70. The predicted octanol–water partition coefficient (Wildman–Crippen LogP) is -3.07. The fourth-order valence-electron chi connectivity index (χ4n) is 2.53. The Bertz CT molecular complexity index is 1050. The molecule has 0 aromatic rings. The van der Waals surface area contributed by atoms with Crippen molar-refractivity contribution in [3.63, 3.8) is 0 Å². The van der Waals surface area contributed by atoms with Gasteiger partial charge in [0.25, 0.3) is 10.1 Å². The Morgan fingerprint density at radius 2 is 1.06 bits per heavy atom. The lowest BCUT2D eigenvalue weighted by molar-refractivity contribution is -0.142. The first-order chi connectivity index (χ1) is 22.5. The molecule has 0 spiro atoms. The summed E-state index contributed by atoms with van der Waals surface area (Å²) in [4.78, 5) is 70.9. The van der Waals surface area contributed by atoms with Crippen LogP contribution in [0.25, 0.3) is 0 Å². The molecule has 0 fully saturated rings. The van der Waals surface area contributed by atoms with Crippen LogP contribution < -0.4 is 39.3 Å². The third kappa shape index (κ3) is 56.7. The number of amides is 2. The fourth-order valence-corrected chi connectivity index (χ4v) is 3.13. The molecule has 0 rings (SSSR count). The molecule has 2 amide bonds. The lowest BCUT2D eigenvalue weighted by atomic mass is 10.1. The van der Waals surface area contributed by atoms with Gasteiger partial charge in [0.1, 0.15) is 23.9 Å². The predicted molar refractivity (Wildman–Crippen MR) is 176 cm³/mol. The minimum atomic E-state index is -4.27. The number of rotatable bonds is 20. The van der Waals surface area contributed by atoms with E-state index in [0.29, 0.717) is 25.8 Å². The van der Waals surface area contributed by atoms with E-state index in [1.54, 1.807) is 0 Å². The molecule has 0 aromatic carbocycles. The van der Waals surface area contributed by atoms with E-state index in [9.17, 15) is 42.0 Å². The van der Waals surface area contributed by atoms with Gasteiger partial charge in [-0.25, -0.2) is 4.79 Å². The van der Waals surface area contributed by atoms with E-state index in [0.717, 1.165) is 25.9 Å². The first-order valence-electron chi connectivity index (χ1n) is 14.7. The van der Waals surface area contributed by atoms with Crippen LogP contribution in [0.3, 0.4) is 0 Å². The summed E-state index contributed by atoms with van der Waals surface area (Å²) in [5, 5.41) is 45.8. The van der Waals surface area contributed by atoms with E-state index in [2.05, 4.69) is 10.6 Å². The van der Waals surface area contributed by atoms with Gasteiger partial charge in [0.15, 0.2) is 0 Å². The molecule has 0 radical (unpaired) electrons. The van der Waals surface area contributed by atoms with E-state index in [1.165, 1.54) is 20.3 Å². The lowest BCUT2D eigenvalue weighted by Gasteiger charge is -2.11. The molecule has 0 bridgehead atoms. The van der Waals surface area contributed by atoms with Gasteiger partial charge in [-0.2, -0.15) is 8.42 Å². The lowest BCUT2D eigenvalue weighted by Crippen LogP contribution is -2.39. The van der Waals surface area contributed by atoms with Crippen LogP contribution in [-0.2, 0) is 43.7 Å². The highest BCUT2D eigenvalue weighted by Gasteiger charge is 2.19. The Morgan fingerprint density at radius 3 is 1.35 bits per heavy atom. The smallest absolute Gasteiger partial charge is 0.326 e. The van der Waals surface area contributed by atoms with Gasteiger partial charge in [-0.15, -0.1) is 0 Å². The standard InChI is InChI=1S/C7H14N2O3.C6H11NO4.C5H14N2.C5H9NO3.C3H7NO5S/c1-5(10)9-6(7(11)12)3-2-4-8;7-4(6(10)11)2-1-3-5(8)9;6-4-2-1-3-5-7;1-4(7)6-3-2-5(8)9;4-2(3(5)6)1-10(7,8)9/h6H,2-4,8H2,1H3,(H,9,10)(H,11,12);4H,1-3,7H2,(H,8,9)(H,10,11);1-7H2;2-3H2,1H3,(H,6,7)(H,8,9);2H,1,4H2,(H,5,6)(H,7,8,9)/t6-;;;;2-/m0...0/s1. The van der Waals surface area contributed by atoms with Gasteiger partial charge in [0.05, 0.1) is 6.42 Å². The molecule has 0 saturated carbocycles. The molecule has 290 valence electrons. The van der Waals surface area contributed by atoms with Crippen LogP contribution in [0, 0.1) is 0 Å². The number of nitrogens with one attached hydrogen (secondary N) is 2. The number of nitrogens with two attached hydrogens (primary N) is 5. The Labute approximate surface area is 284 Å². The van der Waals surface area contributed by atoms with Crippen molar-refractivity contribution in [3.8, 4) is 0 Å². The zero-order valence-electron chi connectivity index (χ0n) is 27.8. The van der Waals surface area contributed by atoms with Gasteiger partial charge in [-0.3, -0.25) is 33.3 Å². The van der Waals surface area contributed by atoms with E-state index >= 15 is 0 Å². The van der Waals surface area contributed by atoms with Crippen molar-refractivity contribution >= 4 is 51.8 Å². The average Bonchev–Trinajstić information content (AvgIpc) is 2.95. The number of hydrogen-bond acceptors (Lipinski definition) is 14. The molecule has 18 N–H and O–H groups in total. The molecule has 3 atom stereocenters. The maximum Gasteiger partial charge on any atom is 0.326 e. The van der Waals surface area contributed by atoms with Crippen molar-refractivity contribution in [2.24, 2.45) is 28.7 Å². The first kappa shape index (κ1) is 54.5. The summed E-state index contributed by atoms with van der Waals surface area (Å²) in [6.45, 7) is 4.90. The summed E-state index contributed by atoms with van der Waals surface area (Å²) in [5.41, 5.74) is 25.5. The number of carbonyl (C=O) groups excluding carboxylic acids is 2. The van der Waals surface area contributed by atoms with Crippen molar-refractivity contribution in [2.45, 2.75) is 89.8 Å². The Hall–Kier alpha value is -4.00. The molecule has 0 aromatic heterocycles. The minimum Gasteiger partial charge on any atom is -0.481 e. The Kier molecular flexibility index (Phi) is 39.2. The van der Waals surface area contributed by atoms with Crippen molar-refractivity contribution in [2.75, 3.05) is 31.9 Å². The normalized spacial score (nSPS) is 11.7. The SMILES string of the molecule is CC(=O)NCCC(=O)O.CC(=O)N[C@@H](CCCN)C(=O)O.NC(CCCC(=O)O)C(=O)O.NCCCCCN.N[C@@H](CS(=O)(=O)O)C(=O)O. The van der Waals surface area contributed by atoms with Crippen LogP contribution in [0.15, 0.2) is 0 Å². The molecular formula is C26H55N7O15S. The molecule has 0 saturated heterocycles. The van der Waals surface area contributed by atoms with Crippen LogP contribution >= 0.6 is 0 Å². The van der Waals surface area contributed by atoms with E-state index in [1.807, 2.05) is 0 Å². The maximum absolute atomic E-state index is 10.5. The average molecular weight is 738 g/mol. The highest BCUT2D eigenvalue weighted by Crippen LogP contribution is 1.98. The summed E-state index contributed by atoms with van der Waals surface area (Å²) >= 11 is 0. The second kappa shape index (κ2) is 35.3. The molecule has 49 heavy (non-hydrogen) atoms. The first-order valence-corrected chi connectivity index (χ1v) is 16.3. The van der Waals surface area contributed by atoms with E-state index in [-0.39, 0.29) is 37.6 Å². The van der Waals surface area contributed by atoms with Crippen LogP contribution in [0.1, 0.15) is 71.6 Å².